The number of amides is 4. The summed E-state index contributed by atoms with van der Waals surface area (Å²) in [5.74, 6) is 1.14. The molecule has 0 unspecified atom stereocenters. The van der Waals surface area contributed by atoms with Crippen LogP contribution >= 0.6 is 0 Å². The summed E-state index contributed by atoms with van der Waals surface area (Å²) in [6.45, 7) is 7.62. The van der Waals surface area contributed by atoms with Crippen LogP contribution < -0.4 is 14.5 Å². The Kier molecular flexibility index (Phi) is 6.75. The Balaban J connectivity index is 1.18. The van der Waals surface area contributed by atoms with Crippen LogP contribution in [-0.4, -0.2) is 81.6 Å². The summed E-state index contributed by atoms with van der Waals surface area (Å²) in [4.78, 5) is 50.8. The smallest absolute Gasteiger partial charge is 0.410 e. The molecule has 2 aromatic heterocycles. The number of anilines is 2. The van der Waals surface area contributed by atoms with Gasteiger partial charge in [-0.2, -0.15) is 0 Å². The number of pyridine rings is 1. The van der Waals surface area contributed by atoms with Crippen molar-refractivity contribution in [1.82, 2.24) is 19.2 Å². The van der Waals surface area contributed by atoms with Crippen LogP contribution in [0.1, 0.15) is 45.6 Å². The molecule has 0 spiro atoms. The van der Waals surface area contributed by atoms with Crippen molar-refractivity contribution in [1.29, 1.82) is 0 Å². The molecular formula is C30H36N6O5. The molecule has 6 rings (SSSR count). The zero-order chi connectivity index (χ0) is 28.9. The summed E-state index contributed by atoms with van der Waals surface area (Å²) >= 11 is 0. The van der Waals surface area contributed by atoms with Gasteiger partial charge in [0, 0.05) is 44.0 Å². The average molecular weight is 561 g/mol. The number of imidazole rings is 1. The first-order valence-corrected chi connectivity index (χ1v) is 14.1. The third-order valence-corrected chi connectivity index (χ3v) is 8.02. The van der Waals surface area contributed by atoms with E-state index in [-0.39, 0.29) is 43.1 Å². The second-order valence-electron chi connectivity index (χ2n) is 11.9. The lowest BCUT2D eigenvalue weighted by Gasteiger charge is -2.42. The van der Waals surface area contributed by atoms with Gasteiger partial charge in [-0.15, -0.1) is 0 Å². The maximum Gasteiger partial charge on any atom is 0.410 e. The highest BCUT2D eigenvalue weighted by molar-refractivity contribution is 6.05. The van der Waals surface area contributed by atoms with Crippen LogP contribution in [0.4, 0.5) is 21.1 Å². The van der Waals surface area contributed by atoms with Crippen molar-refractivity contribution in [2.24, 2.45) is 0 Å². The molecule has 3 aromatic rings. The molecule has 4 amide bonds. The highest BCUT2D eigenvalue weighted by Gasteiger charge is 2.44. The fraction of sp³-hybridized carbons (Fsp3) is 0.467. The van der Waals surface area contributed by atoms with E-state index in [1.807, 2.05) is 72.7 Å². The average Bonchev–Trinajstić information content (AvgIpc) is 3.47. The van der Waals surface area contributed by atoms with E-state index in [1.54, 1.807) is 18.2 Å². The lowest BCUT2D eigenvalue weighted by atomic mass is 10.1. The van der Waals surface area contributed by atoms with E-state index in [0.717, 1.165) is 37.2 Å². The number of carbonyl (C=O) groups excluding carboxylic acids is 3. The molecule has 3 aliphatic heterocycles. The second kappa shape index (κ2) is 10.3. The number of urea groups is 1. The number of methoxy groups -OCH3 is 1. The fourth-order valence-corrected chi connectivity index (χ4v) is 6.05. The summed E-state index contributed by atoms with van der Waals surface area (Å²) in [5.41, 5.74) is 2.06. The maximum atomic E-state index is 13.5. The van der Waals surface area contributed by atoms with Crippen molar-refractivity contribution >= 4 is 35.2 Å². The van der Waals surface area contributed by atoms with E-state index in [0.29, 0.717) is 23.8 Å². The van der Waals surface area contributed by atoms with Gasteiger partial charge in [0.25, 0.3) is 0 Å². The first-order valence-electron chi connectivity index (χ1n) is 14.1. The zero-order valence-electron chi connectivity index (χ0n) is 23.9. The first kappa shape index (κ1) is 26.9. The van der Waals surface area contributed by atoms with Gasteiger partial charge in [0.2, 0.25) is 5.91 Å². The van der Waals surface area contributed by atoms with Gasteiger partial charge in [-0.3, -0.25) is 23.9 Å². The molecule has 11 heteroatoms. The molecule has 2 atom stereocenters. The number of hydrogen-bond acceptors (Lipinski definition) is 7. The molecule has 3 aliphatic rings. The Hall–Kier alpha value is -4.28. The quantitative estimate of drug-likeness (QED) is 0.459. The van der Waals surface area contributed by atoms with Crippen LogP contribution in [0.25, 0.3) is 5.65 Å². The van der Waals surface area contributed by atoms with Crippen molar-refractivity contribution in [2.45, 2.75) is 64.3 Å². The molecule has 216 valence electrons. The topological polar surface area (TPSA) is 99.9 Å². The summed E-state index contributed by atoms with van der Waals surface area (Å²) in [6, 6.07) is 11.2. The third-order valence-electron chi connectivity index (χ3n) is 8.02. The number of piperazine rings is 1. The standard InChI is InChI=1S/C30H36N6O5/c1-30(2,3)41-29(39)36-22-7-8-23(36)19-32(18-22)21-11-13-33-25(15-21)31-16-26(33)34-14-12-27(37)35(28(34)38)17-20-5-9-24(40-4)10-6-20/h5-6,9-11,13,15-16,22-23H,7-8,12,14,17-19H2,1-4H3/t22-,23+. The minimum absolute atomic E-state index is 0.107. The molecule has 41 heavy (non-hydrogen) atoms. The number of imide groups is 1. The molecule has 0 aliphatic carbocycles. The lowest BCUT2D eigenvalue weighted by Crippen LogP contribution is -2.56. The monoisotopic (exact) mass is 560 g/mol. The number of fused-ring (bicyclic) bond motifs is 3. The number of aromatic nitrogens is 2. The van der Waals surface area contributed by atoms with Crippen LogP contribution in [0.2, 0.25) is 0 Å². The molecule has 0 saturated carbocycles. The predicted octanol–water partition coefficient (Wildman–Crippen LogP) is 4.29. The minimum atomic E-state index is -0.521. The maximum absolute atomic E-state index is 13.5. The number of hydrogen-bond donors (Lipinski definition) is 0. The molecule has 2 bridgehead atoms. The van der Waals surface area contributed by atoms with Crippen LogP contribution in [0, 0.1) is 0 Å². The van der Waals surface area contributed by atoms with E-state index in [9.17, 15) is 14.4 Å². The van der Waals surface area contributed by atoms with Crippen molar-refractivity contribution in [3.05, 3.63) is 54.4 Å². The normalized spacial score (nSPS) is 21.2. The summed E-state index contributed by atoms with van der Waals surface area (Å²) in [5, 5.41) is 0. The summed E-state index contributed by atoms with van der Waals surface area (Å²) in [6.07, 6.45) is 5.52. The first-order chi connectivity index (χ1) is 19.6. The van der Waals surface area contributed by atoms with Crippen LogP contribution in [0.3, 0.4) is 0 Å². The van der Waals surface area contributed by atoms with Gasteiger partial charge >= 0.3 is 12.1 Å². The van der Waals surface area contributed by atoms with E-state index in [2.05, 4.69) is 9.88 Å². The van der Waals surface area contributed by atoms with E-state index in [1.165, 1.54) is 4.90 Å². The molecule has 3 saturated heterocycles. The van der Waals surface area contributed by atoms with E-state index < -0.39 is 5.60 Å². The minimum Gasteiger partial charge on any atom is -0.497 e. The Morgan fingerprint density at radius 1 is 1.05 bits per heavy atom. The second-order valence-corrected chi connectivity index (χ2v) is 11.9. The Morgan fingerprint density at radius 2 is 1.76 bits per heavy atom. The van der Waals surface area contributed by atoms with E-state index >= 15 is 0 Å². The van der Waals surface area contributed by atoms with Crippen LogP contribution in [0.15, 0.2) is 48.8 Å². The zero-order valence-corrected chi connectivity index (χ0v) is 23.9. The third kappa shape index (κ3) is 5.16. The van der Waals surface area contributed by atoms with Gasteiger partial charge in [0.15, 0.2) is 0 Å². The Bertz CT molecular complexity index is 1460. The number of benzene rings is 1. The SMILES string of the molecule is COc1ccc(CN2C(=O)CCN(c3cnc4cc(N5C[C@H]6CC[C@@H](C5)N6C(=O)OC(C)(C)C)ccn34)C2=O)cc1. The van der Waals surface area contributed by atoms with E-state index in [4.69, 9.17) is 9.47 Å². The number of nitrogens with zero attached hydrogens (tertiary/aromatic N) is 6. The fourth-order valence-electron chi connectivity index (χ4n) is 6.05. The predicted molar refractivity (Wildman–Crippen MR) is 153 cm³/mol. The molecule has 11 nitrogen and oxygen atoms in total. The number of rotatable bonds is 5. The highest BCUT2D eigenvalue weighted by Crippen LogP contribution is 2.35. The van der Waals surface area contributed by atoms with Gasteiger partial charge in [0.1, 0.15) is 22.8 Å². The highest BCUT2D eigenvalue weighted by atomic mass is 16.6. The largest absolute Gasteiger partial charge is 0.497 e. The van der Waals surface area contributed by atoms with Gasteiger partial charge in [0.05, 0.1) is 31.9 Å². The van der Waals surface area contributed by atoms with Crippen LogP contribution in [-0.2, 0) is 16.1 Å². The van der Waals surface area contributed by atoms with Gasteiger partial charge < -0.3 is 14.4 Å². The molecule has 3 fully saturated rings. The van der Waals surface area contributed by atoms with Crippen molar-refractivity contribution in [3.8, 4) is 5.75 Å². The molecule has 1 aromatic carbocycles. The van der Waals surface area contributed by atoms with Crippen LogP contribution in [0.5, 0.6) is 5.75 Å². The Labute approximate surface area is 239 Å². The molecule has 0 radical (unpaired) electrons. The van der Waals surface area contributed by atoms with Gasteiger partial charge in [-0.25, -0.2) is 14.6 Å². The molecule has 5 heterocycles. The van der Waals surface area contributed by atoms with Crippen molar-refractivity contribution < 1.29 is 23.9 Å². The van der Waals surface area contributed by atoms with Crippen molar-refractivity contribution in [3.63, 3.8) is 0 Å². The van der Waals surface area contributed by atoms with Crippen molar-refractivity contribution in [2.75, 3.05) is 36.5 Å². The van der Waals surface area contributed by atoms with Gasteiger partial charge in [-0.1, -0.05) is 12.1 Å². The summed E-state index contributed by atoms with van der Waals surface area (Å²) < 4.78 is 12.8. The van der Waals surface area contributed by atoms with Gasteiger partial charge in [-0.05, 0) is 57.4 Å². The molecule has 0 N–H and O–H groups in total. The molecular weight excluding hydrogens is 524 g/mol. The summed E-state index contributed by atoms with van der Waals surface area (Å²) in [7, 11) is 1.60. The number of carbonyl (C=O) groups is 3. The number of ether oxygens (including phenoxy) is 2. The Morgan fingerprint density at radius 3 is 2.41 bits per heavy atom. The lowest BCUT2D eigenvalue weighted by molar-refractivity contribution is -0.129.